The lowest BCUT2D eigenvalue weighted by Crippen LogP contribution is -2.15. The van der Waals surface area contributed by atoms with E-state index < -0.39 is 9.84 Å². The zero-order chi connectivity index (χ0) is 22.5. The molecule has 164 valence electrons. The number of aryl methyl sites for hydroxylation is 2. The summed E-state index contributed by atoms with van der Waals surface area (Å²) >= 11 is 0. The summed E-state index contributed by atoms with van der Waals surface area (Å²) in [6.45, 7) is 3.76. The molecule has 4 heterocycles. The van der Waals surface area contributed by atoms with E-state index in [9.17, 15) is 13.2 Å². The summed E-state index contributed by atoms with van der Waals surface area (Å²) in [5, 5.41) is 8.16. The number of benzene rings is 1. The SMILES string of the molecule is Cc1cccc(NC(=O)c2cc(-c3ccco3)nc3c2c(C)nn3[C@H]2CCS(=O)(=O)C2)c1. The largest absolute Gasteiger partial charge is 0.463 e. The number of rotatable bonds is 4. The molecule has 0 aliphatic carbocycles. The standard InChI is InChI=1S/C23H22N4O4S/c1-14-5-3-6-16(11-14)24-23(28)18-12-19(20-7-4-9-31-20)25-22-21(18)15(2)26-27(22)17-8-10-32(29,30)13-17/h3-7,9,11-12,17H,8,10,13H2,1-2H3,(H,24,28)/t17-/m0/s1. The van der Waals surface area contributed by atoms with Crippen molar-refractivity contribution in [3.05, 3.63) is 65.5 Å². The quantitative estimate of drug-likeness (QED) is 0.505. The average Bonchev–Trinajstić information content (AvgIpc) is 3.47. The minimum atomic E-state index is -3.11. The van der Waals surface area contributed by atoms with Gasteiger partial charge in [0, 0.05) is 5.69 Å². The second kappa shape index (κ2) is 7.59. The first kappa shape index (κ1) is 20.4. The summed E-state index contributed by atoms with van der Waals surface area (Å²) < 4.78 is 31.3. The number of carbonyl (C=O) groups is 1. The lowest BCUT2D eigenvalue weighted by molar-refractivity contribution is 0.102. The number of furan rings is 1. The molecule has 0 bridgehead atoms. The van der Waals surface area contributed by atoms with Crippen LogP contribution < -0.4 is 5.32 Å². The van der Waals surface area contributed by atoms with Crippen LogP contribution in [0.5, 0.6) is 0 Å². The summed E-state index contributed by atoms with van der Waals surface area (Å²) in [7, 11) is -3.11. The maximum Gasteiger partial charge on any atom is 0.256 e. The second-order valence-corrected chi connectivity index (χ2v) is 10.4. The summed E-state index contributed by atoms with van der Waals surface area (Å²) in [4.78, 5) is 18.1. The number of anilines is 1. The molecule has 1 aliphatic rings. The first-order chi connectivity index (χ1) is 15.3. The Bertz CT molecular complexity index is 1440. The van der Waals surface area contributed by atoms with Crippen LogP contribution in [0, 0.1) is 13.8 Å². The fourth-order valence-electron chi connectivity index (χ4n) is 4.19. The van der Waals surface area contributed by atoms with Crippen LogP contribution in [0.1, 0.15) is 34.1 Å². The van der Waals surface area contributed by atoms with Gasteiger partial charge in [0.25, 0.3) is 5.91 Å². The van der Waals surface area contributed by atoms with E-state index in [4.69, 9.17) is 9.40 Å². The van der Waals surface area contributed by atoms with E-state index in [2.05, 4.69) is 10.4 Å². The molecule has 5 rings (SSSR count). The third kappa shape index (κ3) is 3.69. The highest BCUT2D eigenvalue weighted by Gasteiger charge is 2.32. The summed E-state index contributed by atoms with van der Waals surface area (Å²) in [6.07, 6.45) is 2.01. The average molecular weight is 451 g/mol. The van der Waals surface area contributed by atoms with Crippen molar-refractivity contribution in [2.45, 2.75) is 26.3 Å². The van der Waals surface area contributed by atoms with Crippen molar-refractivity contribution in [2.75, 3.05) is 16.8 Å². The molecule has 1 aromatic carbocycles. The summed E-state index contributed by atoms with van der Waals surface area (Å²) in [5.41, 5.74) is 3.72. The first-order valence-electron chi connectivity index (χ1n) is 10.3. The van der Waals surface area contributed by atoms with Gasteiger partial charge in [-0.2, -0.15) is 5.10 Å². The molecular formula is C23H22N4O4S. The monoisotopic (exact) mass is 450 g/mol. The van der Waals surface area contributed by atoms with Crippen LogP contribution >= 0.6 is 0 Å². The van der Waals surface area contributed by atoms with Crippen molar-refractivity contribution < 1.29 is 17.6 Å². The van der Waals surface area contributed by atoms with E-state index in [1.54, 1.807) is 36.1 Å². The minimum absolute atomic E-state index is 0.0146. The van der Waals surface area contributed by atoms with Crippen molar-refractivity contribution in [3.63, 3.8) is 0 Å². The van der Waals surface area contributed by atoms with E-state index in [-0.39, 0.29) is 23.5 Å². The van der Waals surface area contributed by atoms with Crippen LogP contribution in [0.2, 0.25) is 0 Å². The molecule has 0 spiro atoms. The molecular weight excluding hydrogens is 428 g/mol. The van der Waals surface area contributed by atoms with Gasteiger partial charge >= 0.3 is 0 Å². The van der Waals surface area contributed by atoms with Gasteiger partial charge in [0.2, 0.25) is 0 Å². The highest BCUT2D eigenvalue weighted by atomic mass is 32.2. The Morgan fingerprint density at radius 1 is 1.19 bits per heavy atom. The zero-order valence-electron chi connectivity index (χ0n) is 17.7. The Morgan fingerprint density at radius 3 is 2.72 bits per heavy atom. The second-order valence-electron chi connectivity index (χ2n) is 8.14. The van der Waals surface area contributed by atoms with Crippen LogP contribution in [0.4, 0.5) is 5.69 Å². The smallest absolute Gasteiger partial charge is 0.256 e. The molecule has 1 fully saturated rings. The Labute approximate surface area is 185 Å². The van der Waals surface area contributed by atoms with Gasteiger partial charge in [-0.05, 0) is 56.2 Å². The van der Waals surface area contributed by atoms with Crippen LogP contribution in [-0.2, 0) is 9.84 Å². The van der Waals surface area contributed by atoms with Gasteiger partial charge in [-0.1, -0.05) is 12.1 Å². The normalized spacial score (nSPS) is 17.6. The molecule has 9 heteroatoms. The fraction of sp³-hybridized carbons (Fsp3) is 0.261. The molecule has 4 aromatic rings. The predicted octanol–water partition coefficient (Wildman–Crippen LogP) is 3.92. The lowest BCUT2D eigenvalue weighted by atomic mass is 10.1. The highest BCUT2D eigenvalue weighted by Crippen LogP contribution is 2.32. The molecule has 0 unspecified atom stereocenters. The molecule has 1 N–H and O–H groups in total. The van der Waals surface area contributed by atoms with Gasteiger partial charge < -0.3 is 9.73 Å². The third-order valence-corrected chi connectivity index (χ3v) is 7.44. The molecule has 0 saturated carbocycles. The lowest BCUT2D eigenvalue weighted by Gasteiger charge is -2.12. The van der Waals surface area contributed by atoms with E-state index in [0.717, 1.165) is 5.56 Å². The number of fused-ring (bicyclic) bond motifs is 1. The topological polar surface area (TPSA) is 107 Å². The summed E-state index contributed by atoms with van der Waals surface area (Å²) in [5.74, 6) is 0.357. The Morgan fingerprint density at radius 2 is 2.03 bits per heavy atom. The van der Waals surface area contributed by atoms with Crippen LogP contribution in [0.15, 0.2) is 53.1 Å². The Kier molecular flexibility index (Phi) is 4.85. The van der Waals surface area contributed by atoms with Crippen molar-refractivity contribution in [1.82, 2.24) is 14.8 Å². The Hall–Kier alpha value is -3.46. The van der Waals surface area contributed by atoms with Crippen molar-refractivity contribution in [3.8, 4) is 11.5 Å². The molecule has 32 heavy (non-hydrogen) atoms. The zero-order valence-corrected chi connectivity index (χ0v) is 18.5. The van der Waals surface area contributed by atoms with Crippen molar-refractivity contribution in [1.29, 1.82) is 0 Å². The van der Waals surface area contributed by atoms with E-state index in [0.29, 0.717) is 45.9 Å². The number of aromatic nitrogens is 3. The number of pyridine rings is 1. The molecule has 1 atom stereocenters. The Balaban J connectivity index is 1.67. The number of hydrogen-bond acceptors (Lipinski definition) is 6. The van der Waals surface area contributed by atoms with Crippen LogP contribution in [0.3, 0.4) is 0 Å². The molecule has 1 amide bonds. The maximum atomic E-state index is 13.3. The number of hydrogen-bond donors (Lipinski definition) is 1. The minimum Gasteiger partial charge on any atom is -0.463 e. The molecule has 3 aromatic heterocycles. The summed E-state index contributed by atoms with van der Waals surface area (Å²) in [6, 6.07) is 12.5. The molecule has 8 nitrogen and oxygen atoms in total. The van der Waals surface area contributed by atoms with E-state index in [1.165, 1.54) is 0 Å². The maximum absolute atomic E-state index is 13.3. The van der Waals surface area contributed by atoms with Crippen LogP contribution in [0.25, 0.3) is 22.5 Å². The number of nitrogens with zero attached hydrogens (tertiary/aromatic N) is 3. The molecule has 1 saturated heterocycles. The van der Waals surface area contributed by atoms with Gasteiger partial charge in [-0.3, -0.25) is 4.79 Å². The van der Waals surface area contributed by atoms with Gasteiger partial charge in [-0.25, -0.2) is 18.1 Å². The number of sulfone groups is 1. The van der Waals surface area contributed by atoms with Gasteiger partial charge in [0.15, 0.2) is 21.2 Å². The first-order valence-corrected chi connectivity index (χ1v) is 12.1. The van der Waals surface area contributed by atoms with Gasteiger partial charge in [0.1, 0.15) is 5.69 Å². The van der Waals surface area contributed by atoms with Crippen LogP contribution in [-0.4, -0.2) is 40.6 Å². The van der Waals surface area contributed by atoms with Gasteiger partial charge in [0.05, 0.1) is 40.5 Å². The van der Waals surface area contributed by atoms with Crippen molar-refractivity contribution >= 4 is 32.5 Å². The molecule has 0 radical (unpaired) electrons. The number of amides is 1. The number of nitrogens with one attached hydrogen (secondary N) is 1. The highest BCUT2D eigenvalue weighted by molar-refractivity contribution is 7.91. The number of carbonyl (C=O) groups excluding carboxylic acids is 1. The van der Waals surface area contributed by atoms with Gasteiger partial charge in [-0.15, -0.1) is 0 Å². The predicted molar refractivity (Wildman–Crippen MR) is 121 cm³/mol. The molecule has 1 aliphatic heterocycles. The fourth-order valence-corrected chi connectivity index (χ4v) is 5.88. The third-order valence-electron chi connectivity index (χ3n) is 5.69. The van der Waals surface area contributed by atoms with E-state index in [1.807, 2.05) is 31.2 Å². The van der Waals surface area contributed by atoms with Crippen molar-refractivity contribution in [2.24, 2.45) is 0 Å². The van der Waals surface area contributed by atoms with E-state index >= 15 is 0 Å².